The summed E-state index contributed by atoms with van der Waals surface area (Å²) in [6, 6.07) is 8.56. The van der Waals surface area contributed by atoms with E-state index in [2.05, 4.69) is 55.7 Å². The van der Waals surface area contributed by atoms with Crippen molar-refractivity contribution in [2.75, 3.05) is 13.1 Å². The SMILES string of the molecule is CC(C)(C)c1ccc(CNC(=O)CCC2CCNCC2)cc1. The van der Waals surface area contributed by atoms with E-state index in [1.807, 2.05) is 0 Å². The van der Waals surface area contributed by atoms with E-state index in [1.54, 1.807) is 0 Å². The van der Waals surface area contributed by atoms with Crippen molar-refractivity contribution in [2.24, 2.45) is 5.92 Å². The monoisotopic (exact) mass is 302 g/mol. The Balaban J connectivity index is 1.71. The van der Waals surface area contributed by atoms with Gasteiger partial charge in [0.1, 0.15) is 0 Å². The molecule has 0 saturated carbocycles. The molecule has 1 aliphatic heterocycles. The molecule has 3 nitrogen and oxygen atoms in total. The van der Waals surface area contributed by atoms with E-state index in [0.29, 0.717) is 13.0 Å². The molecule has 0 radical (unpaired) electrons. The number of hydrogen-bond donors (Lipinski definition) is 2. The van der Waals surface area contributed by atoms with Crippen LogP contribution in [0.1, 0.15) is 57.6 Å². The normalized spacial score (nSPS) is 16.5. The number of rotatable bonds is 5. The quantitative estimate of drug-likeness (QED) is 0.875. The molecule has 1 amide bonds. The molecule has 0 bridgehead atoms. The summed E-state index contributed by atoms with van der Waals surface area (Å²) in [6.07, 6.45) is 4.10. The first-order chi connectivity index (χ1) is 10.4. The minimum atomic E-state index is 0.177. The van der Waals surface area contributed by atoms with Crippen LogP contribution in [0.2, 0.25) is 0 Å². The number of carbonyl (C=O) groups excluding carboxylic acids is 1. The van der Waals surface area contributed by atoms with Gasteiger partial charge in [0.05, 0.1) is 0 Å². The highest BCUT2D eigenvalue weighted by atomic mass is 16.1. The van der Waals surface area contributed by atoms with Gasteiger partial charge in [-0.25, -0.2) is 0 Å². The Kier molecular flexibility index (Phi) is 6.01. The first kappa shape index (κ1) is 17.0. The number of piperidine rings is 1. The zero-order chi connectivity index (χ0) is 16.0. The smallest absolute Gasteiger partial charge is 0.220 e. The Morgan fingerprint density at radius 1 is 1.18 bits per heavy atom. The van der Waals surface area contributed by atoms with Gasteiger partial charge in [0.2, 0.25) is 5.91 Å². The van der Waals surface area contributed by atoms with Crippen LogP contribution in [0.15, 0.2) is 24.3 Å². The van der Waals surface area contributed by atoms with Gasteiger partial charge in [-0.2, -0.15) is 0 Å². The van der Waals surface area contributed by atoms with Crippen molar-refractivity contribution in [1.29, 1.82) is 0 Å². The molecule has 0 atom stereocenters. The van der Waals surface area contributed by atoms with Crippen LogP contribution in [0.4, 0.5) is 0 Å². The number of benzene rings is 1. The molecule has 2 N–H and O–H groups in total. The van der Waals surface area contributed by atoms with E-state index in [0.717, 1.165) is 25.4 Å². The Morgan fingerprint density at radius 2 is 1.82 bits per heavy atom. The second-order valence-corrected chi connectivity index (χ2v) is 7.46. The maximum atomic E-state index is 12.0. The second-order valence-electron chi connectivity index (χ2n) is 7.46. The average molecular weight is 302 g/mol. The molecular weight excluding hydrogens is 272 g/mol. The molecule has 1 fully saturated rings. The molecule has 1 heterocycles. The molecule has 1 aliphatic rings. The average Bonchev–Trinajstić information content (AvgIpc) is 2.51. The third-order valence-corrected chi connectivity index (χ3v) is 4.55. The summed E-state index contributed by atoms with van der Waals surface area (Å²) in [5, 5.41) is 6.41. The van der Waals surface area contributed by atoms with Gasteiger partial charge in [-0.1, -0.05) is 45.0 Å². The lowest BCUT2D eigenvalue weighted by molar-refractivity contribution is -0.121. The lowest BCUT2D eigenvalue weighted by Gasteiger charge is -2.22. The van der Waals surface area contributed by atoms with Gasteiger partial charge in [0.25, 0.3) is 0 Å². The molecule has 0 unspecified atom stereocenters. The molecule has 22 heavy (non-hydrogen) atoms. The standard InChI is InChI=1S/C19H30N2O/c1-19(2,3)17-7-4-16(5-8-17)14-21-18(22)9-6-15-10-12-20-13-11-15/h4-5,7-8,15,20H,6,9-14H2,1-3H3,(H,21,22). The van der Waals surface area contributed by atoms with Crippen molar-refractivity contribution in [3.63, 3.8) is 0 Å². The van der Waals surface area contributed by atoms with E-state index < -0.39 is 0 Å². The molecule has 0 aromatic heterocycles. The minimum absolute atomic E-state index is 0.177. The Bertz CT molecular complexity index is 467. The first-order valence-electron chi connectivity index (χ1n) is 8.52. The predicted molar refractivity (Wildman–Crippen MR) is 91.8 cm³/mol. The summed E-state index contributed by atoms with van der Waals surface area (Å²) >= 11 is 0. The van der Waals surface area contributed by atoms with Gasteiger partial charge in [0.15, 0.2) is 0 Å². The second kappa shape index (κ2) is 7.77. The summed E-state index contributed by atoms with van der Waals surface area (Å²) in [7, 11) is 0. The van der Waals surface area contributed by atoms with Gasteiger partial charge in [0, 0.05) is 13.0 Å². The van der Waals surface area contributed by atoms with Gasteiger partial charge < -0.3 is 10.6 Å². The molecule has 0 aliphatic carbocycles. The van der Waals surface area contributed by atoms with Gasteiger partial charge >= 0.3 is 0 Å². The lowest BCUT2D eigenvalue weighted by Crippen LogP contribution is -2.29. The topological polar surface area (TPSA) is 41.1 Å². The fourth-order valence-electron chi connectivity index (χ4n) is 2.92. The molecule has 122 valence electrons. The summed E-state index contributed by atoms with van der Waals surface area (Å²) < 4.78 is 0. The van der Waals surface area contributed by atoms with Gasteiger partial charge in [-0.3, -0.25) is 4.79 Å². The Hall–Kier alpha value is -1.35. The Morgan fingerprint density at radius 3 is 2.41 bits per heavy atom. The summed E-state index contributed by atoms with van der Waals surface area (Å²) in [6.45, 7) is 9.48. The van der Waals surface area contributed by atoms with Crippen LogP contribution in [0.3, 0.4) is 0 Å². The van der Waals surface area contributed by atoms with Crippen LogP contribution < -0.4 is 10.6 Å². The summed E-state index contributed by atoms with van der Waals surface area (Å²) in [4.78, 5) is 12.0. The largest absolute Gasteiger partial charge is 0.352 e. The molecule has 0 spiro atoms. The van der Waals surface area contributed by atoms with Crippen LogP contribution in [0.25, 0.3) is 0 Å². The third-order valence-electron chi connectivity index (χ3n) is 4.55. The molecular formula is C19H30N2O. The van der Waals surface area contributed by atoms with Crippen molar-refractivity contribution in [3.8, 4) is 0 Å². The zero-order valence-corrected chi connectivity index (χ0v) is 14.2. The highest BCUT2D eigenvalue weighted by molar-refractivity contribution is 5.75. The van der Waals surface area contributed by atoms with Gasteiger partial charge in [-0.15, -0.1) is 0 Å². The highest BCUT2D eigenvalue weighted by Crippen LogP contribution is 2.22. The predicted octanol–water partition coefficient (Wildman–Crippen LogP) is 3.38. The highest BCUT2D eigenvalue weighted by Gasteiger charge is 2.15. The van der Waals surface area contributed by atoms with Crippen molar-refractivity contribution in [1.82, 2.24) is 10.6 Å². The first-order valence-corrected chi connectivity index (χ1v) is 8.52. The number of carbonyl (C=O) groups is 1. The number of nitrogens with one attached hydrogen (secondary N) is 2. The molecule has 1 aromatic rings. The van der Waals surface area contributed by atoms with Crippen LogP contribution in [-0.2, 0) is 16.8 Å². The minimum Gasteiger partial charge on any atom is -0.352 e. The fraction of sp³-hybridized carbons (Fsp3) is 0.632. The zero-order valence-electron chi connectivity index (χ0n) is 14.2. The summed E-state index contributed by atoms with van der Waals surface area (Å²) in [5.41, 5.74) is 2.67. The van der Waals surface area contributed by atoms with E-state index in [4.69, 9.17) is 0 Å². The maximum Gasteiger partial charge on any atom is 0.220 e. The molecule has 1 saturated heterocycles. The van der Waals surface area contributed by atoms with Crippen LogP contribution in [-0.4, -0.2) is 19.0 Å². The van der Waals surface area contributed by atoms with Crippen molar-refractivity contribution >= 4 is 5.91 Å². The van der Waals surface area contributed by atoms with Crippen molar-refractivity contribution in [2.45, 2.75) is 58.4 Å². The lowest BCUT2D eigenvalue weighted by atomic mass is 9.87. The molecule has 2 rings (SSSR count). The van der Waals surface area contributed by atoms with Crippen LogP contribution in [0, 0.1) is 5.92 Å². The summed E-state index contributed by atoms with van der Waals surface area (Å²) in [5.74, 6) is 0.900. The number of amides is 1. The Labute approximate surface area is 134 Å². The molecule has 1 aromatic carbocycles. The third kappa shape index (κ3) is 5.45. The maximum absolute atomic E-state index is 12.0. The van der Waals surface area contributed by atoms with E-state index in [9.17, 15) is 4.79 Å². The molecule has 3 heteroatoms. The van der Waals surface area contributed by atoms with Crippen molar-refractivity contribution in [3.05, 3.63) is 35.4 Å². The van der Waals surface area contributed by atoms with E-state index in [-0.39, 0.29) is 11.3 Å². The van der Waals surface area contributed by atoms with E-state index >= 15 is 0 Å². The fourth-order valence-corrected chi connectivity index (χ4v) is 2.92. The van der Waals surface area contributed by atoms with Crippen LogP contribution in [0.5, 0.6) is 0 Å². The van der Waals surface area contributed by atoms with E-state index in [1.165, 1.54) is 24.0 Å². The van der Waals surface area contributed by atoms with Gasteiger partial charge in [-0.05, 0) is 54.8 Å². The number of hydrogen-bond acceptors (Lipinski definition) is 2. The van der Waals surface area contributed by atoms with Crippen molar-refractivity contribution < 1.29 is 4.79 Å². The van der Waals surface area contributed by atoms with Crippen LogP contribution >= 0.6 is 0 Å².